The summed E-state index contributed by atoms with van der Waals surface area (Å²) in [4.78, 5) is 21.8. The molecule has 1 aromatic rings. The normalized spacial score (nSPS) is 11.9. The van der Waals surface area contributed by atoms with E-state index in [1.807, 2.05) is 5.43 Å². The van der Waals surface area contributed by atoms with E-state index in [2.05, 4.69) is 0 Å². The molecule has 1 amide bonds. The second kappa shape index (κ2) is 5.47. The lowest BCUT2D eigenvalue weighted by molar-refractivity contribution is -0.384. The second-order valence-corrected chi connectivity index (χ2v) is 4.43. The number of thioether (sulfide) groups is 1. The number of hydrogen-bond donors (Lipinski definition) is 2. The van der Waals surface area contributed by atoms with Gasteiger partial charge < -0.3 is 0 Å². The molecule has 0 spiro atoms. The Hall–Kier alpha value is -1.60. The average Bonchev–Trinajstić information content (AvgIpc) is 2.28. The van der Waals surface area contributed by atoms with Crippen molar-refractivity contribution in [2.24, 2.45) is 5.84 Å². The van der Waals surface area contributed by atoms with E-state index in [1.54, 1.807) is 19.1 Å². The quantitative estimate of drug-likeness (QED) is 0.270. The number of rotatable bonds is 4. The van der Waals surface area contributed by atoms with E-state index < -0.39 is 4.92 Å². The van der Waals surface area contributed by atoms with Crippen molar-refractivity contribution in [3.63, 3.8) is 0 Å². The van der Waals surface area contributed by atoms with Crippen molar-refractivity contribution in [3.05, 3.63) is 34.4 Å². The first-order valence-corrected chi connectivity index (χ1v) is 5.34. The number of nitro groups is 1. The summed E-state index contributed by atoms with van der Waals surface area (Å²) < 4.78 is 0. The van der Waals surface area contributed by atoms with Crippen LogP contribution in [0, 0.1) is 10.1 Å². The van der Waals surface area contributed by atoms with Crippen LogP contribution < -0.4 is 11.3 Å². The molecule has 1 unspecified atom stereocenters. The predicted octanol–water partition coefficient (Wildman–Crippen LogP) is 1.07. The van der Waals surface area contributed by atoms with Gasteiger partial charge in [0, 0.05) is 17.0 Å². The number of carbonyl (C=O) groups excluding carboxylic acids is 1. The van der Waals surface area contributed by atoms with Crippen molar-refractivity contribution < 1.29 is 9.72 Å². The topological polar surface area (TPSA) is 98.3 Å². The number of carbonyl (C=O) groups is 1. The third kappa shape index (κ3) is 3.21. The van der Waals surface area contributed by atoms with Gasteiger partial charge >= 0.3 is 0 Å². The van der Waals surface area contributed by atoms with Crippen LogP contribution in [0.4, 0.5) is 5.69 Å². The Labute approximate surface area is 96.3 Å². The lowest BCUT2D eigenvalue weighted by Crippen LogP contribution is -2.36. The van der Waals surface area contributed by atoms with Crippen molar-refractivity contribution in [2.75, 3.05) is 0 Å². The number of nitrogens with one attached hydrogen (secondary N) is 1. The van der Waals surface area contributed by atoms with Crippen LogP contribution in [0.25, 0.3) is 0 Å². The molecular weight excluding hydrogens is 230 g/mol. The summed E-state index contributed by atoms with van der Waals surface area (Å²) in [6.45, 7) is 1.70. The van der Waals surface area contributed by atoms with Crippen LogP contribution in [0.3, 0.4) is 0 Å². The fourth-order valence-corrected chi connectivity index (χ4v) is 1.90. The molecule has 0 fully saturated rings. The van der Waals surface area contributed by atoms with E-state index in [1.165, 1.54) is 23.9 Å². The minimum absolute atomic E-state index is 0.0280. The minimum Gasteiger partial charge on any atom is -0.293 e. The van der Waals surface area contributed by atoms with Crippen molar-refractivity contribution in [3.8, 4) is 0 Å². The van der Waals surface area contributed by atoms with Gasteiger partial charge in [0.1, 0.15) is 0 Å². The number of amides is 1. The summed E-state index contributed by atoms with van der Waals surface area (Å²) in [6.07, 6.45) is 0. The molecule has 1 rings (SSSR count). The van der Waals surface area contributed by atoms with Crippen LogP contribution in [0.1, 0.15) is 6.92 Å². The van der Waals surface area contributed by atoms with E-state index in [9.17, 15) is 14.9 Å². The second-order valence-electron chi connectivity index (χ2n) is 3.02. The van der Waals surface area contributed by atoms with Gasteiger partial charge in [0.15, 0.2) is 0 Å². The summed E-state index contributed by atoms with van der Waals surface area (Å²) in [7, 11) is 0. The highest BCUT2D eigenvalue weighted by Gasteiger charge is 2.13. The fourth-order valence-electron chi connectivity index (χ4n) is 1.02. The summed E-state index contributed by atoms with van der Waals surface area (Å²) in [5.74, 6) is 4.70. The molecule has 0 bridgehead atoms. The molecule has 6 nitrogen and oxygen atoms in total. The van der Waals surface area contributed by atoms with Gasteiger partial charge in [-0.15, -0.1) is 11.8 Å². The number of hydrazine groups is 1. The lowest BCUT2D eigenvalue weighted by atomic mass is 10.3. The van der Waals surface area contributed by atoms with Crippen molar-refractivity contribution >= 4 is 23.4 Å². The zero-order valence-electron chi connectivity index (χ0n) is 8.54. The highest BCUT2D eigenvalue weighted by Crippen LogP contribution is 2.25. The van der Waals surface area contributed by atoms with E-state index >= 15 is 0 Å². The zero-order chi connectivity index (χ0) is 12.1. The van der Waals surface area contributed by atoms with Crippen LogP contribution in [-0.2, 0) is 4.79 Å². The van der Waals surface area contributed by atoms with Gasteiger partial charge in [-0.05, 0) is 19.1 Å². The molecule has 3 N–H and O–H groups in total. The molecule has 0 aliphatic rings. The van der Waals surface area contributed by atoms with Crippen molar-refractivity contribution in [2.45, 2.75) is 17.1 Å². The predicted molar refractivity (Wildman–Crippen MR) is 60.7 cm³/mol. The molecule has 0 aromatic heterocycles. The molecular formula is C9H11N3O3S. The van der Waals surface area contributed by atoms with Crippen LogP contribution >= 0.6 is 11.8 Å². The lowest BCUT2D eigenvalue weighted by Gasteiger charge is -2.08. The van der Waals surface area contributed by atoms with Gasteiger partial charge in [-0.1, -0.05) is 0 Å². The molecule has 86 valence electrons. The number of nitro benzene ring substituents is 1. The molecule has 0 heterocycles. The highest BCUT2D eigenvalue weighted by atomic mass is 32.2. The summed E-state index contributed by atoms with van der Waals surface area (Å²) in [5, 5.41) is 10.1. The molecule has 0 saturated heterocycles. The van der Waals surface area contributed by atoms with Crippen LogP contribution in [0.2, 0.25) is 0 Å². The maximum atomic E-state index is 11.1. The van der Waals surface area contributed by atoms with Gasteiger partial charge in [0.25, 0.3) is 5.69 Å². The highest BCUT2D eigenvalue weighted by molar-refractivity contribution is 8.00. The number of benzene rings is 1. The summed E-state index contributed by atoms with van der Waals surface area (Å²) >= 11 is 1.28. The van der Waals surface area contributed by atoms with Gasteiger partial charge in [0.2, 0.25) is 5.91 Å². The van der Waals surface area contributed by atoms with Gasteiger partial charge in [-0.3, -0.25) is 20.3 Å². The largest absolute Gasteiger partial charge is 0.293 e. The first-order chi connectivity index (χ1) is 7.54. The van der Waals surface area contributed by atoms with E-state index in [-0.39, 0.29) is 16.8 Å². The number of nitrogens with two attached hydrogens (primary N) is 1. The van der Waals surface area contributed by atoms with Gasteiger partial charge in [0.05, 0.1) is 10.2 Å². The Balaban J connectivity index is 2.68. The van der Waals surface area contributed by atoms with Gasteiger partial charge in [-0.2, -0.15) is 0 Å². The Kier molecular flexibility index (Phi) is 4.27. The molecule has 0 radical (unpaired) electrons. The Morgan fingerprint density at radius 1 is 1.50 bits per heavy atom. The zero-order valence-corrected chi connectivity index (χ0v) is 9.36. The van der Waals surface area contributed by atoms with E-state index in [0.29, 0.717) is 0 Å². The molecule has 0 aliphatic heterocycles. The third-order valence-corrected chi connectivity index (χ3v) is 2.98. The first kappa shape index (κ1) is 12.5. The van der Waals surface area contributed by atoms with Crippen LogP contribution in [0.5, 0.6) is 0 Å². The minimum atomic E-state index is -0.468. The van der Waals surface area contributed by atoms with Crippen LogP contribution in [0.15, 0.2) is 29.2 Å². The Bertz CT molecular complexity index is 393. The molecule has 0 saturated carbocycles. The average molecular weight is 241 g/mol. The van der Waals surface area contributed by atoms with Crippen molar-refractivity contribution in [1.29, 1.82) is 0 Å². The molecule has 0 aliphatic carbocycles. The first-order valence-electron chi connectivity index (χ1n) is 4.46. The molecule has 1 aromatic carbocycles. The summed E-state index contributed by atoms with van der Waals surface area (Å²) in [5.41, 5.74) is 2.07. The Morgan fingerprint density at radius 2 is 2.06 bits per heavy atom. The molecule has 7 heteroatoms. The molecule has 1 atom stereocenters. The Morgan fingerprint density at radius 3 is 2.50 bits per heavy atom. The van der Waals surface area contributed by atoms with Crippen molar-refractivity contribution in [1.82, 2.24) is 5.43 Å². The standard InChI is InChI=1S/C9H11N3O3S/c1-6(9(13)11-10)16-8-4-2-7(3-5-8)12(14)15/h2-6H,10H2,1H3,(H,11,13). The maximum Gasteiger partial charge on any atom is 0.269 e. The smallest absolute Gasteiger partial charge is 0.269 e. The molecule has 16 heavy (non-hydrogen) atoms. The number of non-ortho nitro benzene ring substituents is 1. The van der Waals surface area contributed by atoms with E-state index in [4.69, 9.17) is 5.84 Å². The maximum absolute atomic E-state index is 11.1. The summed E-state index contributed by atoms with van der Waals surface area (Å²) in [6, 6.07) is 6.00. The monoisotopic (exact) mass is 241 g/mol. The fraction of sp³-hybridized carbons (Fsp3) is 0.222. The SMILES string of the molecule is CC(Sc1ccc([N+](=O)[O-])cc1)C(=O)NN. The van der Waals surface area contributed by atoms with Gasteiger partial charge in [-0.25, -0.2) is 5.84 Å². The van der Waals surface area contributed by atoms with Crippen LogP contribution in [-0.4, -0.2) is 16.1 Å². The third-order valence-electron chi connectivity index (χ3n) is 1.87. The van der Waals surface area contributed by atoms with E-state index in [0.717, 1.165) is 4.90 Å². The number of nitrogens with zero attached hydrogens (tertiary/aromatic N) is 1. The number of hydrogen-bond acceptors (Lipinski definition) is 5.